The van der Waals surface area contributed by atoms with Gasteiger partial charge >= 0.3 is 0 Å². The Hall–Kier alpha value is -2.14. The number of aliphatic hydroxyl groups is 1. The van der Waals surface area contributed by atoms with Crippen molar-refractivity contribution >= 4 is 0 Å². The molecule has 0 spiro atoms. The second-order valence-corrected chi connectivity index (χ2v) is 4.29. The van der Waals surface area contributed by atoms with Crippen LogP contribution in [0.5, 0.6) is 11.6 Å². The summed E-state index contributed by atoms with van der Waals surface area (Å²) in [6.07, 6.45) is 0.0358. The Kier molecular flexibility index (Phi) is 4.90. The number of hydrogen-bond acceptors (Lipinski definition) is 5. The number of aliphatic hydroxyl groups excluding tert-OH is 1. The second-order valence-electron chi connectivity index (χ2n) is 4.29. The van der Waals surface area contributed by atoms with Gasteiger partial charge in [0, 0.05) is 11.6 Å². The number of aromatic nitrogens is 2. The molecule has 1 atom stereocenters. The van der Waals surface area contributed by atoms with Crippen LogP contribution in [0.15, 0.2) is 36.4 Å². The van der Waals surface area contributed by atoms with Crippen LogP contribution in [0, 0.1) is 0 Å². The first-order valence-electron chi connectivity index (χ1n) is 6.53. The minimum absolute atomic E-state index is 0.413. The maximum atomic E-state index is 10.4. The largest absolute Gasteiger partial charge is 0.493 e. The molecule has 1 aromatic heterocycles. The Labute approximate surface area is 118 Å². The van der Waals surface area contributed by atoms with Gasteiger partial charge in [-0.25, -0.2) is 0 Å². The van der Waals surface area contributed by atoms with E-state index in [9.17, 15) is 5.11 Å². The molecule has 0 aliphatic heterocycles. The lowest BCUT2D eigenvalue weighted by molar-refractivity contribution is 0.204. The highest BCUT2D eigenvalue weighted by molar-refractivity contribution is 5.38. The minimum Gasteiger partial charge on any atom is -0.493 e. The molecule has 2 rings (SSSR count). The smallest absolute Gasteiger partial charge is 0.233 e. The first kappa shape index (κ1) is 14.3. The Bertz CT molecular complexity index is 543. The lowest BCUT2D eigenvalue weighted by Gasteiger charge is -2.15. The Morgan fingerprint density at radius 1 is 1.15 bits per heavy atom. The molecule has 1 heterocycles. The molecule has 0 radical (unpaired) electrons. The molecular weight excluding hydrogens is 256 g/mol. The lowest BCUT2D eigenvalue weighted by atomic mass is 10.1. The third-order valence-corrected chi connectivity index (χ3v) is 2.83. The highest BCUT2D eigenvalue weighted by atomic mass is 16.5. The van der Waals surface area contributed by atoms with E-state index in [1.165, 1.54) is 7.11 Å². The summed E-state index contributed by atoms with van der Waals surface area (Å²) < 4.78 is 10.6. The van der Waals surface area contributed by atoms with Crippen molar-refractivity contribution in [3.63, 3.8) is 0 Å². The molecule has 0 bridgehead atoms. The Balaban J connectivity index is 2.24. The van der Waals surface area contributed by atoms with E-state index in [1.54, 1.807) is 12.1 Å². The number of para-hydroxylation sites is 1. The molecule has 0 saturated carbocycles. The van der Waals surface area contributed by atoms with Gasteiger partial charge in [-0.3, -0.25) is 0 Å². The predicted octanol–water partition coefficient (Wildman–Crippen LogP) is 2.36. The molecule has 2 aromatic rings. The molecule has 5 heteroatoms. The molecule has 0 amide bonds. The van der Waals surface area contributed by atoms with Crippen molar-refractivity contribution in [3.8, 4) is 11.6 Å². The molecule has 20 heavy (non-hydrogen) atoms. The molecule has 106 valence electrons. The quantitative estimate of drug-likeness (QED) is 0.876. The van der Waals surface area contributed by atoms with Gasteiger partial charge < -0.3 is 14.6 Å². The van der Waals surface area contributed by atoms with E-state index in [-0.39, 0.29) is 0 Å². The van der Waals surface area contributed by atoms with Crippen molar-refractivity contribution in [1.29, 1.82) is 0 Å². The zero-order chi connectivity index (χ0) is 14.4. The van der Waals surface area contributed by atoms with E-state index in [1.807, 2.05) is 31.2 Å². The van der Waals surface area contributed by atoms with Gasteiger partial charge in [-0.05, 0) is 18.6 Å². The molecule has 1 aromatic carbocycles. The highest BCUT2D eigenvalue weighted by Gasteiger charge is 2.17. The van der Waals surface area contributed by atoms with Crippen LogP contribution in [0.2, 0.25) is 0 Å². The number of rotatable bonds is 6. The van der Waals surface area contributed by atoms with E-state index in [2.05, 4.69) is 10.2 Å². The summed E-state index contributed by atoms with van der Waals surface area (Å²) >= 11 is 0. The van der Waals surface area contributed by atoms with Crippen LogP contribution in [0.4, 0.5) is 0 Å². The molecule has 0 fully saturated rings. The Morgan fingerprint density at radius 2 is 1.95 bits per heavy atom. The van der Waals surface area contributed by atoms with Crippen LogP contribution in [0.3, 0.4) is 0 Å². The summed E-state index contributed by atoms with van der Waals surface area (Å²) in [5.74, 6) is 1.08. The zero-order valence-electron chi connectivity index (χ0n) is 11.6. The van der Waals surface area contributed by atoms with Crippen molar-refractivity contribution in [2.75, 3.05) is 13.7 Å². The van der Waals surface area contributed by atoms with Crippen molar-refractivity contribution in [2.45, 2.75) is 19.4 Å². The van der Waals surface area contributed by atoms with Crippen LogP contribution >= 0.6 is 0 Å². The van der Waals surface area contributed by atoms with Crippen molar-refractivity contribution < 1.29 is 14.6 Å². The van der Waals surface area contributed by atoms with Crippen LogP contribution in [-0.2, 0) is 0 Å². The van der Waals surface area contributed by atoms with Crippen molar-refractivity contribution in [1.82, 2.24) is 10.2 Å². The molecule has 0 saturated heterocycles. The van der Waals surface area contributed by atoms with Crippen LogP contribution in [0.1, 0.15) is 30.7 Å². The number of ether oxygens (including phenoxy) is 2. The van der Waals surface area contributed by atoms with Gasteiger partial charge in [0.2, 0.25) is 5.88 Å². The average Bonchev–Trinajstić information content (AvgIpc) is 2.52. The second kappa shape index (κ2) is 6.86. The van der Waals surface area contributed by atoms with E-state index >= 15 is 0 Å². The fourth-order valence-electron chi connectivity index (χ4n) is 1.79. The third-order valence-electron chi connectivity index (χ3n) is 2.83. The van der Waals surface area contributed by atoms with Gasteiger partial charge in [-0.15, -0.1) is 10.2 Å². The van der Waals surface area contributed by atoms with Gasteiger partial charge in [0.1, 0.15) is 11.9 Å². The summed E-state index contributed by atoms with van der Waals surface area (Å²) in [6, 6.07) is 10.7. The fraction of sp³-hybridized carbons (Fsp3) is 0.333. The zero-order valence-corrected chi connectivity index (χ0v) is 11.6. The summed E-state index contributed by atoms with van der Waals surface area (Å²) in [7, 11) is 1.52. The van der Waals surface area contributed by atoms with E-state index in [4.69, 9.17) is 9.47 Å². The molecule has 0 aliphatic rings. The van der Waals surface area contributed by atoms with Gasteiger partial charge in [0.15, 0.2) is 0 Å². The molecule has 0 aliphatic carbocycles. The van der Waals surface area contributed by atoms with Gasteiger partial charge in [-0.2, -0.15) is 0 Å². The minimum atomic E-state index is -0.874. The number of nitrogens with zero attached hydrogens (tertiary/aromatic N) is 2. The Morgan fingerprint density at radius 3 is 2.60 bits per heavy atom. The SMILES string of the molecule is CCCOc1ccccc1C(O)c1ccc(OC)nn1. The molecule has 1 unspecified atom stereocenters. The average molecular weight is 274 g/mol. The van der Waals surface area contributed by atoms with Crippen LogP contribution in [-0.4, -0.2) is 29.0 Å². The number of methoxy groups -OCH3 is 1. The molecule has 1 N–H and O–H groups in total. The highest BCUT2D eigenvalue weighted by Crippen LogP contribution is 2.29. The first-order chi connectivity index (χ1) is 9.76. The number of benzene rings is 1. The van der Waals surface area contributed by atoms with Crippen LogP contribution in [0.25, 0.3) is 0 Å². The monoisotopic (exact) mass is 274 g/mol. The van der Waals surface area contributed by atoms with Crippen molar-refractivity contribution in [3.05, 3.63) is 47.7 Å². The summed E-state index contributed by atoms with van der Waals surface area (Å²) in [6.45, 7) is 2.64. The number of hydrogen-bond donors (Lipinski definition) is 1. The molecule has 5 nitrogen and oxygen atoms in total. The van der Waals surface area contributed by atoms with Gasteiger partial charge in [0.25, 0.3) is 0 Å². The first-order valence-corrected chi connectivity index (χ1v) is 6.53. The van der Waals surface area contributed by atoms with Gasteiger partial charge in [0.05, 0.1) is 19.4 Å². The summed E-state index contributed by atoms with van der Waals surface area (Å²) in [5.41, 5.74) is 1.14. The topological polar surface area (TPSA) is 64.5 Å². The standard InChI is InChI=1S/C15H18N2O3/c1-3-10-20-13-7-5-4-6-11(13)15(18)12-8-9-14(19-2)17-16-12/h4-9,15,18H,3,10H2,1-2H3. The maximum Gasteiger partial charge on any atom is 0.233 e. The van der Waals surface area contributed by atoms with Gasteiger partial charge in [-0.1, -0.05) is 25.1 Å². The predicted molar refractivity (Wildman–Crippen MR) is 74.9 cm³/mol. The van der Waals surface area contributed by atoms with E-state index in [0.717, 1.165) is 6.42 Å². The summed E-state index contributed by atoms with van der Waals surface area (Å²) in [5, 5.41) is 18.2. The third kappa shape index (κ3) is 3.24. The van der Waals surface area contributed by atoms with Crippen molar-refractivity contribution in [2.24, 2.45) is 0 Å². The van der Waals surface area contributed by atoms with Crippen LogP contribution < -0.4 is 9.47 Å². The van der Waals surface area contributed by atoms with E-state index in [0.29, 0.717) is 29.5 Å². The maximum absolute atomic E-state index is 10.4. The van der Waals surface area contributed by atoms with E-state index < -0.39 is 6.10 Å². The summed E-state index contributed by atoms with van der Waals surface area (Å²) in [4.78, 5) is 0. The normalized spacial score (nSPS) is 11.9. The lowest BCUT2D eigenvalue weighted by Crippen LogP contribution is -2.07. The fourth-order valence-corrected chi connectivity index (χ4v) is 1.79. The molecular formula is C15H18N2O3.